The molecular formula is C8H15Br3N4. The summed E-state index contributed by atoms with van der Waals surface area (Å²) in [7, 11) is 0. The quantitative estimate of drug-likeness (QED) is 0.778. The topological polar surface area (TPSA) is 42.7 Å². The van der Waals surface area contributed by atoms with Crippen molar-refractivity contribution in [3.63, 3.8) is 0 Å². The van der Waals surface area contributed by atoms with Crippen LogP contribution in [0.15, 0.2) is 4.73 Å². The van der Waals surface area contributed by atoms with E-state index in [-0.39, 0.29) is 34.0 Å². The van der Waals surface area contributed by atoms with Crippen LogP contribution in [0.3, 0.4) is 0 Å². The SMILES string of the molecule is Br.Br.Cc1nc(Br)n(C2CCNCC2)n1. The number of rotatable bonds is 1. The summed E-state index contributed by atoms with van der Waals surface area (Å²) in [6.07, 6.45) is 2.28. The average molecular weight is 407 g/mol. The number of aryl methyl sites for hydroxylation is 1. The maximum atomic E-state index is 4.36. The molecule has 1 fully saturated rings. The molecule has 1 aliphatic heterocycles. The Labute approximate surface area is 119 Å². The van der Waals surface area contributed by atoms with Crippen molar-refractivity contribution in [2.24, 2.45) is 0 Å². The minimum absolute atomic E-state index is 0. The van der Waals surface area contributed by atoms with E-state index in [4.69, 9.17) is 0 Å². The fourth-order valence-corrected chi connectivity index (χ4v) is 2.31. The molecule has 2 rings (SSSR count). The fourth-order valence-electron chi connectivity index (χ4n) is 1.69. The fraction of sp³-hybridized carbons (Fsp3) is 0.750. The standard InChI is InChI=1S/C8H13BrN4.2BrH/c1-6-11-8(9)13(12-6)7-2-4-10-5-3-7;;/h7,10H,2-5H2,1H3;2*1H. The van der Waals surface area contributed by atoms with Gasteiger partial charge in [-0.3, -0.25) is 0 Å². The lowest BCUT2D eigenvalue weighted by molar-refractivity contribution is 0.337. The highest BCUT2D eigenvalue weighted by Gasteiger charge is 2.18. The van der Waals surface area contributed by atoms with Crippen LogP contribution >= 0.6 is 49.9 Å². The molecule has 15 heavy (non-hydrogen) atoms. The lowest BCUT2D eigenvalue weighted by Crippen LogP contribution is -2.30. The van der Waals surface area contributed by atoms with Crippen molar-refractivity contribution in [1.82, 2.24) is 20.1 Å². The normalized spacial score (nSPS) is 16.7. The van der Waals surface area contributed by atoms with Crippen molar-refractivity contribution in [3.8, 4) is 0 Å². The number of halogens is 3. The van der Waals surface area contributed by atoms with Crippen molar-refractivity contribution in [2.75, 3.05) is 13.1 Å². The van der Waals surface area contributed by atoms with Crippen LogP contribution in [0.25, 0.3) is 0 Å². The van der Waals surface area contributed by atoms with Gasteiger partial charge in [-0.05, 0) is 48.8 Å². The van der Waals surface area contributed by atoms with Gasteiger partial charge in [-0.15, -0.1) is 34.0 Å². The summed E-state index contributed by atoms with van der Waals surface area (Å²) < 4.78 is 2.85. The second kappa shape index (κ2) is 6.98. The van der Waals surface area contributed by atoms with E-state index in [0.717, 1.165) is 36.5 Å². The Morgan fingerprint density at radius 3 is 2.40 bits per heavy atom. The van der Waals surface area contributed by atoms with Crippen LogP contribution in [0.5, 0.6) is 0 Å². The summed E-state index contributed by atoms with van der Waals surface area (Å²) in [5, 5.41) is 7.70. The van der Waals surface area contributed by atoms with E-state index in [1.54, 1.807) is 0 Å². The Morgan fingerprint density at radius 1 is 1.33 bits per heavy atom. The number of hydrogen-bond donors (Lipinski definition) is 1. The lowest BCUT2D eigenvalue weighted by Gasteiger charge is -2.22. The molecule has 7 heteroatoms. The first-order valence-corrected chi connectivity index (χ1v) is 5.36. The van der Waals surface area contributed by atoms with Gasteiger partial charge in [0.25, 0.3) is 0 Å². The first-order valence-electron chi connectivity index (χ1n) is 4.57. The second-order valence-corrected chi connectivity index (χ2v) is 4.06. The van der Waals surface area contributed by atoms with Crippen molar-refractivity contribution >= 4 is 49.9 Å². The minimum Gasteiger partial charge on any atom is -0.317 e. The van der Waals surface area contributed by atoms with Gasteiger partial charge in [0.05, 0.1) is 6.04 Å². The van der Waals surface area contributed by atoms with Gasteiger partial charge in [-0.1, -0.05) is 0 Å². The Bertz CT molecular complexity index is 296. The lowest BCUT2D eigenvalue weighted by atomic mass is 10.1. The zero-order valence-corrected chi connectivity index (χ0v) is 13.5. The molecule has 1 aliphatic rings. The maximum Gasteiger partial charge on any atom is 0.195 e. The predicted octanol–water partition coefficient (Wildman–Crippen LogP) is 2.43. The molecule has 1 N–H and O–H groups in total. The molecule has 0 unspecified atom stereocenters. The van der Waals surface area contributed by atoms with Crippen molar-refractivity contribution < 1.29 is 0 Å². The highest BCUT2D eigenvalue weighted by molar-refractivity contribution is 9.10. The molecule has 4 nitrogen and oxygen atoms in total. The van der Waals surface area contributed by atoms with Gasteiger partial charge >= 0.3 is 0 Å². The van der Waals surface area contributed by atoms with Gasteiger partial charge in [-0.2, -0.15) is 5.10 Å². The molecule has 0 atom stereocenters. The highest BCUT2D eigenvalue weighted by Crippen LogP contribution is 2.21. The number of nitrogens with one attached hydrogen (secondary N) is 1. The smallest absolute Gasteiger partial charge is 0.195 e. The molecular weight excluding hydrogens is 392 g/mol. The summed E-state index contributed by atoms with van der Waals surface area (Å²) in [6.45, 7) is 4.08. The Kier molecular flexibility index (Phi) is 7.23. The molecule has 0 bridgehead atoms. The molecule has 1 saturated heterocycles. The zero-order chi connectivity index (χ0) is 9.26. The highest BCUT2D eigenvalue weighted by atomic mass is 79.9. The molecule has 0 spiro atoms. The first-order chi connectivity index (χ1) is 6.27. The average Bonchev–Trinajstić information content (AvgIpc) is 2.47. The van der Waals surface area contributed by atoms with Crippen LogP contribution in [0.4, 0.5) is 0 Å². The van der Waals surface area contributed by atoms with Gasteiger partial charge in [0.15, 0.2) is 4.73 Å². The molecule has 88 valence electrons. The third-order valence-electron chi connectivity index (χ3n) is 2.35. The number of piperidine rings is 1. The van der Waals surface area contributed by atoms with Gasteiger partial charge in [-0.25, -0.2) is 9.67 Å². The van der Waals surface area contributed by atoms with Gasteiger partial charge in [0.2, 0.25) is 0 Å². The monoisotopic (exact) mass is 404 g/mol. The molecule has 0 aromatic carbocycles. The van der Waals surface area contributed by atoms with Gasteiger partial charge in [0, 0.05) is 0 Å². The molecule has 1 aromatic rings. The van der Waals surface area contributed by atoms with E-state index in [1.165, 1.54) is 0 Å². The number of nitrogens with zero attached hydrogens (tertiary/aromatic N) is 3. The second-order valence-electron chi connectivity index (χ2n) is 3.35. The molecule has 0 saturated carbocycles. The van der Waals surface area contributed by atoms with E-state index in [2.05, 4.69) is 31.3 Å². The van der Waals surface area contributed by atoms with Crippen molar-refractivity contribution in [1.29, 1.82) is 0 Å². The van der Waals surface area contributed by atoms with E-state index < -0.39 is 0 Å². The maximum absolute atomic E-state index is 4.36. The molecule has 2 heterocycles. The van der Waals surface area contributed by atoms with E-state index in [0.29, 0.717) is 6.04 Å². The minimum atomic E-state index is 0. The summed E-state index contributed by atoms with van der Waals surface area (Å²) in [5.41, 5.74) is 0. The number of hydrogen-bond acceptors (Lipinski definition) is 3. The molecule has 0 aliphatic carbocycles. The molecule has 0 radical (unpaired) electrons. The number of aromatic nitrogens is 3. The van der Waals surface area contributed by atoms with Gasteiger partial charge < -0.3 is 5.32 Å². The summed E-state index contributed by atoms with van der Waals surface area (Å²) in [6, 6.07) is 0.511. The van der Waals surface area contributed by atoms with E-state index in [9.17, 15) is 0 Å². The van der Waals surface area contributed by atoms with Crippen LogP contribution in [-0.4, -0.2) is 27.9 Å². The van der Waals surface area contributed by atoms with E-state index >= 15 is 0 Å². The summed E-state index contributed by atoms with van der Waals surface area (Å²) >= 11 is 3.42. The van der Waals surface area contributed by atoms with E-state index in [1.807, 2.05) is 11.6 Å². The molecule has 1 aromatic heterocycles. The van der Waals surface area contributed by atoms with Crippen LogP contribution in [0.2, 0.25) is 0 Å². The Hall–Kier alpha value is 0.540. The van der Waals surface area contributed by atoms with Crippen LogP contribution in [-0.2, 0) is 0 Å². The first kappa shape index (κ1) is 15.5. The third kappa shape index (κ3) is 3.80. The van der Waals surface area contributed by atoms with Crippen LogP contribution < -0.4 is 5.32 Å². The van der Waals surface area contributed by atoms with Crippen molar-refractivity contribution in [2.45, 2.75) is 25.8 Å². The van der Waals surface area contributed by atoms with Crippen LogP contribution in [0, 0.1) is 6.92 Å². The predicted molar refractivity (Wildman–Crippen MR) is 74.2 cm³/mol. The van der Waals surface area contributed by atoms with Crippen LogP contribution in [0.1, 0.15) is 24.7 Å². The summed E-state index contributed by atoms with van der Waals surface area (Å²) in [5.74, 6) is 0.838. The zero-order valence-electron chi connectivity index (χ0n) is 8.44. The van der Waals surface area contributed by atoms with Gasteiger partial charge in [0.1, 0.15) is 5.82 Å². The Balaban J connectivity index is 0.000000980. The van der Waals surface area contributed by atoms with Crippen molar-refractivity contribution in [3.05, 3.63) is 10.6 Å². The summed E-state index contributed by atoms with van der Waals surface area (Å²) in [4.78, 5) is 4.23. The molecule has 0 amide bonds. The third-order valence-corrected chi connectivity index (χ3v) is 2.89. The largest absolute Gasteiger partial charge is 0.317 e. The Morgan fingerprint density at radius 2 is 1.93 bits per heavy atom.